The van der Waals surface area contributed by atoms with E-state index in [2.05, 4.69) is 53.4 Å². The molecule has 2 aromatic carbocycles. The minimum atomic E-state index is -3.68. The standard InChI is InChI=1S/C29H37BrFN7O5S/c1-36-8-10-38(11-9-36)24-17-26(41-3)22-15-27(24)43-13-7-5-6-12-42-25-16-23(37(2)44(4,39)40)21(14-20(25)31)33-28-19(30)18-32-29(34-22)35-28/h14-18H,5-13H2,1-4H3,(H2,32,33,34,35). The summed E-state index contributed by atoms with van der Waals surface area (Å²) in [6, 6.07) is 6.44. The molecule has 3 aliphatic rings. The number of ether oxygens (including phenoxy) is 3. The number of aromatic nitrogens is 2. The van der Waals surface area contributed by atoms with Crippen LogP contribution < -0.4 is 34.0 Å². The quantitative estimate of drug-likeness (QED) is 0.386. The zero-order valence-corrected chi connectivity index (χ0v) is 27.6. The van der Waals surface area contributed by atoms with Gasteiger partial charge in [-0.25, -0.2) is 17.8 Å². The van der Waals surface area contributed by atoms with Crippen LogP contribution >= 0.6 is 15.9 Å². The summed E-state index contributed by atoms with van der Waals surface area (Å²) in [6.45, 7) is 4.33. The van der Waals surface area contributed by atoms with Gasteiger partial charge in [-0.15, -0.1) is 0 Å². The molecule has 1 fully saturated rings. The van der Waals surface area contributed by atoms with Crippen molar-refractivity contribution < 1.29 is 27.0 Å². The number of sulfonamides is 1. The van der Waals surface area contributed by atoms with Crippen molar-refractivity contribution in [1.29, 1.82) is 0 Å². The van der Waals surface area contributed by atoms with Gasteiger partial charge < -0.3 is 34.6 Å². The fourth-order valence-corrected chi connectivity index (χ4v) is 5.73. The maximum absolute atomic E-state index is 15.2. The molecule has 0 atom stereocenters. The molecule has 0 unspecified atom stereocenters. The summed E-state index contributed by atoms with van der Waals surface area (Å²) >= 11 is 3.45. The van der Waals surface area contributed by atoms with Crippen molar-refractivity contribution in [3.05, 3.63) is 40.8 Å². The van der Waals surface area contributed by atoms with Gasteiger partial charge in [0.15, 0.2) is 11.6 Å². The van der Waals surface area contributed by atoms with E-state index in [1.165, 1.54) is 25.4 Å². The molecule has 6 bridgehead atoms. The molecule has 6 rings (SSSR count). The van der Waals surface area contributed by atoms with Crippen LogP contribution in [0.2, 0.25) is 0 Å². The van der Waals surface area contributed by atoms with Gasteiger partial charge in [-0.3, -0.25) is 4.31 Å². The molecule has 2 N–H and O–H groups in total. The van der Waals surface area contributed by atoms with Crippen molar-refractivity contribution in [1.82, 2.24) is 14.9 Å². The third-order valence-corrected chi connectivity index (χ3v) is 9.33. The second-order valence-corrected chi connectivity index (χ2v) is 13.6. The van der Waals surface area contributed by atoms with Crippen LogP contribution in [0, 0.1) is 5.82 Å². The molecule has 15 heteroatoms. The minimum absolute atomic E-state index is 0.0423. The van der Waals surface area contributed by atoms with Gasteiger partial charge in [-0.05, 0) is 42.2 Å². The molecule has 0 saturated carbocycles. The lowest BCUT2D eigenvalue weighted by molar-refractivity contribution is 0.271. The van der Waals surface area contributed by atoms with Gasteiger partial charge in [0, 0.05) is 63.7 Å². The number of halogens is 2. The zero-order valence-electron chi connectivity index (χ0n) is 25.2. The number of piperazine rings is 1. The first-order chi connectivity index (χ1) is 21.0. The van der Waals surface area contributed by atoms with E-state index in [-0.39, 0.29) is 35.5 Å². The van der Waals surface area contributed by atoms with Gasteiger partial charge in [0.25, 0.3) is 0 Å². The molecule has 3 aliphatic heterocycles. The maximum atomic E-state index is 15.2. The molecule has 1 saturated heterocycles. The molecule has 0 amide bonds. The highest BCUT2D eigenvalue weighted by Crippen LogP contribution is 2.41. The number of nitrogens with zero attached hydrogens (tertiary/aromatic N) is 5. The summed E-state index contributed by atoms with van der Waals surface area (Å²) in [4.78, 5) is 13.6. The molecular weight excluding hydrogens is 657 g/mol. The highest BCUT2D eigenvalue weighted by molar-refractivity contribution is 9.10. The molecule has 4 heterocycles. The summed E-state index contributed by atoms with van der Waals surface area (Å²) in [6.07, 6.45) is 4.82. The number of nitrogens with one attached hydrogen (secondary N) is 2. The number of hydrogen-bond donors (Lipinski definition) is 2. The minimum Gasteiger partial charge on any atom is -0.494 e. The van der Waals surface area contributed by atoms with E-state index in [0.29, 0.717) is 28.9 Å². The van der Waals surface area contributed by atoms with Crippen LogP contribution in [0.25, 0.3) is 0 Å². The number of methoxy groups -OCH3 is 1. The Hall–Kier alpha value is -3.56. The number of anilines is 6. The number of rotatable bonds is 4. The average Bonchev–Trinajstić information content (AvgIpc) is 2.98. The molecule has 3 aromatic rings. The van der Waals surface area contributed by atoms with Crippen LogP contribution in [0.15, 0.2) is 34.9 Å². The van der Waals surface area contributed by atoms with Crippen LogP contribution in [-0.2, 0) is 10.0 Å². The predicted molar refractivity (Wildman–Crippen MR) is 173 cm³/mol. The Balaban J connectivity index is 1.56. The van der Waals surface area contributed by atoms with Crippen LogP contribution in [0.4, 0.5) is 38.9 Å². The third kappa shape index (κ3) is 7.38. The van der Waals surface area contributed by atoms with Crippen LogP contribution in [0.5, 0.6) is 17.2 Å². The van der Waals surface area contributed by atoms with E-state index < -0.39 is 15.8 Å². The lowest BCUT2D eigenvalue weighted by Crippen LogP contribution is -2.44. The van der Waals surface area contributed by atoms with E-state index in [1.54, 1.807) is 7.11 Å². The molecule has 44 heavy (non-hydrogen) atoms. The van der Waals surface area contributed by atoms with Gasteiger partial charge in [0.1, 0.15) is 17.3 Å². The average molecular weight is 695 g/mol. The second kappa shape index (κ2) is 13.6. The topological polar surface area (TPSA) is 121 Å². The Bertz CT molecular complexity index is 1610. The van der Waals surface area contributed by atoms with Gasteiger partial charge in [0.2, 0.25) is 16.0 Å². The molecule has 12 nitrogen and oxygen atoms in total. The Morgan fingerprint density at radius 3 is 2.39 bits per heavy atom. The van der Waals surface area contributed by atoms with Crippen molar-refractivity contribution >= 4 is 60.5 Å². The lowest BCUT2D eigenvalue weighted by Gasteiger charge is -2.35. The van der Waals surface area contributed by atoms with Gasteiger partial charge >= 0.3 is 0 Å². The normalized spacial score (nSPS) is 16.4. The zero-order chi connectivity index (χ0) is 31.4. The van der Waals surface area contributed by atoms with E-state index >= 15 is 4.39 Å². The number of benzene rings is 2. The van der Waals surface area contributed by atoms with Crippen LogP contribution in [-0.4, -0.2) is 90.1 Å². The molecule has 0 aliphatic carbocycles. The smallest absolute Gasteiger partial charge is 0.232 e. The fraction of sp³-hybridized carbons (Fsp3) is 0.448. The first-order valence-electron chi connectivity index (χ1n) is 14.3. The van der Waals surface area contributed by atoms with Gasteiger partial charge in [0.05, 0.1) is 53.8 Å². The second-order valence-electron chi connectivity index (χ2n) is 10.7. The maximum Gasteiger partial charge on any atom is 0.232 e. The molecular formula is C29H37BrFN7O5S. The van der Waals surface area contributed by atoms with Crippen molar-refractivity contribution in [2.24, 2.45) is 0 Å². The van der Waals surface area contributed by atoms with Crippen LogP contribution in [0.3, 0.4) is 0 Å². The predicted octanol–water partition coefficient (Wildman–Crippen LogP) is 4.96. The summed E-state index contributed by atoms with van der Waals surface area (Å²) in [5, 5.41) is 6.30. The van der Waals surface area contributed by atoms with E-state index in [1.807, 2.05) is 12.1 Å². The highest BCUT2D eigenvalue weighted by atomic mass is 79.9. The van der Waals surface area contributed by atoms with Crippen molar-refractivity contribution in [2.45, 2.75) is 19.3 Å². The number of hydrogen-bond acceptors (Lipinski definition) is 11. The van der Waals surface area contributed by atoms with Crippen molar-refractivity contribution in [2.75, 3.05) is 86.7 Å². The monoisotopic (exact) mass is 693 g/mol. The number of fused-ring (bicyclic) bond motifs is 8. The highest BCUT2D eigenvalue weighted by Gasteiger charge is 2.23. The Labute approximate surface area is 265 Å². The Morgan fingerprint density at radius 1 is 1.00 bits per heavy atom. The summed E-state index contributed by atoms with van der Waals surface area (Å²) in [5.74, 6) is 1.13. The number of likely N-dealkylation sites (N-methyl/N-ethyl adjacent to an activating group) is 1. The summed E-state index contributed by atoms with van der Waals surface area (Å²) in [5.41, 5.74) is 1.93. The van der Waals surface area contributed by atoms with E-state index in [0.717, 1.165) is 61.0 Å². The first-order valence-corrected chi connectivity index (χ1v) is 16.9. The Morgan fingerprint density at radius 2 is 1.70 bits per heavy atom. The third-order valence-electron chi connectivity index (χ3n) is 7.56. The van der Waals surface area contributed by atoms with Gasteiger partial charge in [-0.1, -0.05) is 0 Å². The van der Waals surface area contributed by atoms with Gasteiger partial charge in [-0.2, -0.15) is 4.98 Å². The van der Waals surface area contributed by atoms with Crippen molar-refractivity contribution in [3.8, 4) is 17.2 Å². The van der Waals surface area contributed by atoms with E-state index in [9.17, 15) is 8.42 Å². The summed E-state index contributed by atoms with van der Waals surface area (Å²) in [7, 11) is 1.43. The lowest BCUT2D eigenvalue weighted by atomic mass is 10.2. The van der Waals surface area contributed by atoms with Crippen LogP contribution in [0.1, 0.15) is 19.3 Å². The molecule has 0 spiro atoms. The fourth-order valence-electron chi connectivity index (χ4n) is 4.93. The molecule has 1 aromatic heterocycles. The summed E-state index contributed by atoms with van der Waals surface area (Å²) < 4.78 is 59.6. The molecule has 0 radical (unpaired) electrons. The SMILES string of the molecule is COc1cc(N2CCN(C)CC2)c2cc1Nc1ncc(Br)c(n1)Nc1cc(F)c(cc1N(C)S(C)(=O)=O)OCCCCCO2. The largest absolute Gasteiger partial charge is 0.494 e. The van der Waals surface area contributed by atoms with Crippen molar-refractivity contribution in [3.63, 3.8) is 0 Å². The molecule has 238 valence electrons. The first kappa shape index (κ1) is 31.9. The Kier molecular flexibility index (Phi) is 9.85. The van der Waals surface area contributed by atoms with E-state index in [4.69, 9.17) is 14.2 Å².